The van der Waals surface area contributed by atoms with Crippen molar-refractivity contribution >= 4 is 17.7 Å². The highest BCUT2D eigenvalue weighted by Gasteiger charge is 2.25. The highest BCUT2D eigenvalue weighted by atomic mass is 32.2. The number of rotatable bonds is 4. The van der Waals surface area contributed by atoms with Crippen molar-refractivity contribution < 1.29 is 4.79 Å². The molecule has 0 unspecified atom stereocenters. The number of nitrogens with zero attached hydrogens (tertiary/aromatic N) is 4. The third-order valence-corrected chi connectivity index (χ3v) is 5.39. The lowest BCUT2D eigenvalue weighted by molar-refractivity contribution is -0.129. The second kappa shape index (κ2) is 6.74. The Morgan fingerprint density at radius 1 is 1.22 bits per heavy atom. The number of hydrogen-bond donors (Lipinski definition) is 0. The van der Waals surface area contributed by atoms with Gasteiger partial charge in [-0.05, 0) is 32.3 Å². The van der Waals surface area contributed by atoms with Crippen LogP contribution in [0.2, 0.25) is 0 Å². The van der Waals surface area contributed by atoms with Crippen molar-refractivity contribution in [1.29, 1.82) is 0 Å². The van der Waals surface area contributed by atoms with Crippen LogP contribution < -0.4 is 0 Å². The summed E-state index contributed by atoms with van der Waals surface area (Å²) in [6, 6.07) is 8.13. The summed E-state index contributed by atoms with van der Waals surface area (Å²) in [5.41, 5.74) is 2.24. The molecule has 122 valence electrons. The average molecular weight is 330 g/mol. The molecule has 2 heterocycles. The van der Waals surface area contributed by atoms with E-state index >= 15 is 0 Å². The summed E-state index contributed by atoms with van der Waals surface area (Å²) in [6.45, 7) is 5.79. The van der Waals surface area contributed by atoms with Crippen molar-refractivity contribution in [1.82, 2.24) is 19.7 Å². The van der Waals surface area contributed by atoms with Gasteiger partial charge in [0.05, 0.1) is 5.25 Å². The minimum absolute atomic E-state index is 0.138. The van der Waals surface area contributed by atoms with Crippen LogP contribution in [0.4, 0.5) is 0 Å². The van der Waals surface area contributed by atoms with E-state index in [2.05, 4.69) is 23.2 Å². The van der Waals surface area contributed by atoms with Gasteiger partial charge in [-0.15, -0.1) is 10.2 Å². The molecule has 0 bridgehead atoms. The average Bonchev–Trinajstić information content (AvgIpc) is 3.19. The first-order valence-corrected chi connectivity index (χ1v) is 8.86. The van der Waals surface area contributed by atoms with E-state index in [-0.39, 0.29) is 11.2 Å². The van der Waals surface area contributed by atoms with E-state index in [0.29, 0.717) is 0 Å². The number of carbonyl (C=O) groups is 1. The molecule has 1 aromatic heterocycles. The van der Waals surface area contributed by atoms with Gasteiger partial charge in [0, 0.05) is 25.7 Å². The highest BCUT2D eigenvalue weighted by Crippen LogP contribution is 2.28. The van der Waals surface area contributed by atoms with Gasteiger partial charge >= 0.3 is 0 Å². The summed E-state index contributed by atoms with van der Waals surface area (Å²) in [5.74, 6) is 1.04. The molecule has 1 aromatic carbocycles. The molecule has 23 heavy (non-hydrogen) atoms. The summed E-state index contributed by atoms with van der Waals surface area (Å²) in [4.78, 5) is 14.4. The Morgan fingerprint density at radius 3 is 2.61 bits per heavy atom. The maximum Gasteiger partial charge on any atom is 0.235 e. The third kappa shape index (κ3) is 3.27. The van der Waals surface area contributed by atoms with Crippen LogP contribution in [0.25, 0.3) is 11.4 Å². The number of likely N-dealkylation sites (tertiary alicyclic amines) is 1. The predicted molar refractivity (Wildman–Crippen MR) is 92.3 cm³/mol. The first-order valence-electron chi connectivity index (χ1n) is 7.99. The summed E-state index contributed by atoms with van der Waals surface area (Å²) >= 11 is 1.48. The Bertz CT molecular complexity index is 706. The molecule has 3 rings (SSSR count). The minimum Gasteiger partial charge on any atom is -0.342 e. The Morgan fingerprint density at radius 2 is 1.91 bits per heavy atom. The van der Waals surface area contributed by atoms with Crippen LogP contribution in [0.15, 0.2) is 29.4 Å². The fourth-order valence-electron chi connectivity index (χ4n) is 2.88. The number of benzene rings is 1. The van der Waals surface area contributed by atoms with E-state index in [1.807, 2.05) is 41.6 Å². The van der Waals surface area contributed by atoms with Gasteiger partial charge in [0.15, 0.2) is 11.0 Å². The van der Waals surface area contributed by atoms with Gasteiger partial charge in [-0.25, -0.2) is 0 Å². The fraction of sp³-hybridized carbons (Fsp3) is 0.471. The van der Waals surface area contributed by atoms with E-state index in [9.17, 15) is 4.79 Å². The van der Waals surface area contributed by atoms with E-state index in [1.165, 1.54) is 17.3 Å². The van der Waals surface area contributed by atoms with Gasteiger partial charge in [0.1, 0.15) is 0 Å². The Balaban J connectivity index is 1.77. The first-order chi connectivity index (χ1) is 11.1. The van der Waals surface area contributed by atoms with Crippen molar-refractivity contribution in [2.24, 2.45) is 7.05 Å². The zero-order chi connectivity index (χ0) is 16.4. The molecule has 0 N–H and O–H groups in total. The summed E-state index contributed by atoms with van der Waals surface area (Å²) in [5, 5.41) is 9.25. The number of carbonyl (C=O) groups excluding carboxylic acids is 1. The van der Waals surface area contributed by atoms with E-state index in [1.54, 1.807) is 0 Å². The number of aromatic nitrogens is 3. The molecule has 2 aromatic rings. The molecule has 0 spiro atoms. The maximum atomic E-state index is 12.4. The van der Waals surface area contributed by atoms with Crippen LogP contribution in [0.3, 0.4) is 0 Å². The van der Waals surface area contributed by atoms with Crippen molar-refractivity contribution in [3.8, 4) is 11.4 Å². The van der Waals surface area contributed by atoms with E-state index < -0.39 is 0 Å². The van der Waals surface area contributed by atoms with Crippen LogP contribution in [0.5, 0.6) is 0 Å². The molecular weight excluding hydrogens is 308 g/mol. The monoisotopic (exact) mass is 330 g/mol. The number of hydrogen-bond acceptors (Lipinski definition) is 4. The number of amides is 1. The lowest BCUT2D eigenvalue weighted by atomic mass is 10.1. The van der Waals surface area contributed by atoms with Crippen LogP contribution in [-0.2, 0) is 11.8 Å². The number of thioether (sulfide) groups is 1. The molecule has 1 atom stereocenters. The molecule has 1 amide bonds. The molecule has 5 nitrogen and oxygen atoms in total. The van der Waals surface area contributed by atoms with Crippen LogP contribution in [0, 0.1) is 6.92 Å². The first kappa shape index (κ1) is 16.1. The van der Waals surface area contributed by atoms with Crippen molar-refractivity contribution in [2.75, 3.05) is 13.1 Å². The van der Waals surface area contributed by atoms with Gasteiger partial charge in [-0.3, -0.25) is 4.79 Å². The molecule has 1 saturated heterocycles. The molecule has 1 aliphatic rings. The maximum absolute atomic E-state index is 12.4. The Hall–Kier alpha value is -1.82. The van der Waals surface area contributed by atoms with Crippen molar-refractivity contribution in [3.63, 3.8) is 0 Å². The highest BCUT2D eigenvalue weighted by molar-refractivity contribution is 8.00. The standard InChI is InChI=1S/C17H22N4OS/c1-12-8-4-5-9-14(12)15-18-19-17(20(15)3)23-13(2)16(22)21-10-6-7-11-21/h4-5,8-9,13H,6-7,10-11H2,1-3H3/t13-/m1/s1. The topological polar surface area (TPSA) is 51.0 Å². The van der Waals surface area contributed by atoms with Gasteiger partial charge in [0.25, 0.3) is 0 Å². The second-order valence-corrected chi connectivity index (χ2v) is 7.28. The van der Waals surface area contributed by atoms with E-state index in [0.717, 1.165) is 42.5 Å². The van der Waals surface area contributed by atoms with Crippen molar-refractivity contribution in [2.45, 2.75) is 37.1 Å². The molecule has 0 radical (unpaired) electrons. The zero-order valence-electron chi connectivity index (χ0n) is 13.8. The molecule has 1 fully saturated rings. The fourth-order valence-corrected chi connectivity index (χ4v) is 3.78. The van der Waals surface area contributed by atoms with Crippen LogP contribution in [-0.4, -0.2) is 43.9 Å². The lowest BCUT2D eigenvalue weighted by Crippen LogP contribution is -2.34. The quantitative estimate of drug-likeness (QED) is 0.809. The summed E-state index contributed by atoms with van der Waals surface area (Å²) in [6.07, 6.45) is 2.23. The normalized spacial score (nSPS) is 15.9. The molecule has 0 saturated carbocycles. The molecule has 6 heteroatoms. The Labute approximate surface area is 141 Å². The van der Waals surface area contributed by atoms with Gasteiger partial charge in [-0.1, -0.05) is 36.0 Å². The van der Waals surface area contributed by atoms with Crippen molar-refractivity contribution in [3.05, 3.63) is 29.8 Å². The SMILES string of the molecule is Cc1ccccc1-c1nnc(S[C@H](C)C(=O)N2CCCC2)n1C. The van der Waals surface area contributed by atoms with Gasteiger partial charge < -0.3 is 9.47 Å². The second-order valence-electron chi connectivity index (χ2n) is 5.97. The molecule has 1 aliphatic heterocycles. The van der Waals surface area contributed by atoms with Crippen LogP contribution >= 0.6 is 11.8 Å². The zero-order valence-corrected chi connectivity index (χ0v) is 14.6. The minimum atomic E-state index is -0.138. The van der Waals surface area contributed by atoms with Gasteiger partial charge in [0.2, 0.25) is 5.91 Å². The largest absolute Gasteiger partial charge is 0.342 e. The summed E-state index contributed by atoms with van der Waals surface area (Å²) < 4.78 is 1.97. The van der Waals surface area contributed by atoms with Gasteiger partial charge in [-0.2, -0.15) is 0 Å². The van der Waals surface area contributed by atoms with Crippen LogP contribution in [0.1, 0.15) is 25.3 Å². The smallest absolute Gasteiger partial charge is 0.235 e. The Kier molecular flexibility index (Phi) is 4.71. The predicted octanol–water partition coefficient (Wildman–Crippen LogP) is 2.89. The number of aryl methyl sites for hydroxylation is 1. The molecular formula is C17H22N4OS. The molecule has 0 aliphatic carbocycles. The van der Waals surface area contributed by atoms with E-state index in [4.69, 9.17) is 0 Å². The summed E-state index contributed by atoms with van der Waals surface area (Å²) in [7, 11) is 1.96. The lowest BCUT2D eigenvalue weighted by Gasteiger charge is -2.19. The third-order valence-electron chi connectivity index (χ3n) is 4.27.